The number of rotatable bonds is 6. The van der Waals surface area contributed by atoms with Gasteiger partial charge in [0.25, 0.3) is 10.0 Å². The number of aromatic nitrogens is 2. The number of nitrogens with zero attached hydrogens (tertiary/aromatic N) is 3. The quantitative estimate of drug-likeness (QED) is 0.813. The van der Waals surface area contributed by atoms with E-state index in [-0.39, 0.29) is 10.9 Å². The van der Waals surface area contributed by atoms with Gasteiger partial charge in [-0.3, -0.25) is 8.99 Å². The van der Waals surface area contributed by atoms with Crippen molar-refractivity contribution in [2.75, 3.05) is 11.4 Å². The molecular formula is C16H21N3O3S. The van der Waals surface area contributed by atoms with Gasteiger partial charge in [-0.1, -0.05) is 0 Å². The first kappa shape index (κ1) is 15.9. The van der Waals surface area contributed by atoms with E-state index >= 15 is 0 Å². The number of anilines is 1. The third kappa shape index (κ3) is 3.06. The zero-order valence-electron chi connectivity index (χ0n) is 13.5. The molecule has 1 aliphatic rings. The summed E-state index contributed by atoms with van der Waals surface area (Å²) in [5, 5.41) is 4.00. The second kappa shape index (κ2) is 5.88. The monoisotopic (exact) mass is 335 g/mol. The Morgan fingerprint density at radius 2 is 1.96 bits per heavy atom. The van der Waals surface area contributed by atoms with Gasteiger partial charge in [0, 0.05) is 19.3 Å². The number of benzene rings is 1. The van der Waals surface area contributed by atoms with Crippen LogP contribution in [-0.4, -0.2) is 31.3 Å². The highest BCUT2D eigenvalue weighted by molar-refractivity contribution is 7.92. The second-order valence-corrected chi connectivity index (χ2v) is 7.74. The molecule has 1 fully saturated rings. The number of sulfonamides is 1. The molecule has 1 aliphatic carbocycles. The SMILES string of the molecule is COc1ccc(N([C@H](C)C2CC2)S(=O)(=O)c2cnn(C)c2)cc1. The largest absolute Gasteiger partial charge is 0.497 e. The molecule has 1 aromatic heterocycles. The van der Waals surface area contributed by atoms with Crippen LogP contribution in [0.2, 0.25) is 0 Å². The molecule has 1 aromatic carbocycles. The van der Waals surface area contributed by atoms with Crippen molar-refractivity contribution in [1.82, 2.24) is 9.78 Å². The Kier molecular flexibility index (Phi) is 4.06. The highest BCUT2D eigenvalue weighted by Crippen LogP contribution is 2.39. The van der Waals surface area contributed by atoms with Crippen molar-refractivity contribution < 1.29 is 13.2 Å². The summed E-state index contributed by atoms with van der Waals surface area (Å²) in [6, 6.07) is 7.03. The third-order valence-corrected chi connectivity index (χ3v) is 6.11. The van der Waals surface area contributed by atoms with Gasteiger partial charge in [-0.05, 0) is 49.9 Å². The van der Waals surface area contributed by atoms with Crippen molar-refractivity contribution in [3.63, 3.8) is 0 Å². The number of aryl methyl sites for hydroxylation is 1. The Bertz CT molecular complexity index is 779. The van der Waals surface area contributed by atoms with Gasteiger partial charge in [0.1, 0.15) is 10.6 Å². The highest BCUT2D eigenvalue weighted by Gasteiger charge is 2.39. The molecule has 7 heteroatoms. The molecule has 23 heavy (non-hydrogen) atoms. The van der Waals surface area contributed by atoms with Crippen LogP contribution in [0.25, 0.3) is 0 Å². The van der Waals surface area contributed by atoms with E-state index in [1.165, 1.54) is 21.4 Å². The molecule has 0 spiro atoms. The third-order valence-electron chi connectivity index (χ3n) is 4.24. The normalized spacial score (nSPS) is 16.1. The molecule has 0 saturated heterocycles. The first-order valence-corrected chi connectivity index (χ1v) is 9.04. The molecule has 3 rings (SSSR count). The zero-order valence-corrected chi connectivity index (χ0v) is 14.3. The highest BCUT2D eigenvalue weighted by atomic mass is 32.2. The van der Waals surface area contributed by atoms with Crippen LogP contribution in [-0.2, 0) is 17.1 Å². The smallest absolute Gasteiger partial charge is 0.267 e. The molecule has 2 aromatic rings. The second-order valence-electron chi connectivity index (χ2n) is 5.93. The summed E-state index contributed by atoms with van der Waals surface area (Å²) in [6.07, 6.45) is 5.06. The van der Waals surface area contributed by atoms with Gasteiger partial charge in [0.15, 0.2) is 0 Å². The summed E-state index contributed by atoms with van der Waals surface area (Å²) in [7, 11) is -0.349. The van der Waals surface area contributed by atoms with Gasteiger partial charge < -0.3 is 4.74 Å². The molecule has 0 aliphatic heterocycles. The lowest BCUT2D eigenvalue weighted by molar-refractivity contribution is 0.415. The van der Waals surface area contributed by atoms with Crippen LogP contribution in [0.5, 0.6) is 5.75 Å². The summed E-state index contributed by atoms with van der Waals surface area (Å²) in [4.78, 5) is 0.211. The van der Waals surface area contributed by atoms with Gasteiger partial charge >= 0.3 is 0 Å². The molecule has 1 atom stereocenters. The Balaban J connectivity index is 2.04. The van der Waals surface area contributed by atoms with E-state index in [4.69, 9.17) is 4.74 Å². The van der Waals surface area contributed by atoms with E-state index in [0.717, 1.165) is 12.8 Å². The maximum atomic E-state index is 13.1. The van der Waals surface area contributed by atoms with Crippen molar-refractivity contribution in [2.24, 2.45) is 13.0 Å². The minimum absolute atomic E-state index is 0.0893. The predicted molar refractivity (Wildman–Crippen MR) is 88.1 cm³/mol. The van der Waals surface area contributed by atoms with Crippen molar-refractivity contribution in [1.29, 1.82) is 0 Å². The summed E-state index contributed by atoms with van der Waals surface area (Å²) in [6.45, 7) is 1.97. The molecule has 1 heterocycles. The van der Waals surface area contributed by atoms with Crippen molar-refractivity contribution in [2.45, 2.75) is 30.7 Å². The van der Waals surface area contributed by atoms with Crippen LogP contribution in [0.15, 0.2) is 41.6 Å². The minimum atomic E-state index is -3.65. The minimum Gasteiger partial charge on any atom is -0.497 e. The number of ether oxygens (including phenoxy) is 1. The number of methoxy groups -OCH3 is 1. The standard InChI is InChI=1S/C16H21N3O3S/c1-12(13-4-5-13)19(14-6-8-15(22-3)9-7-14)23(20,21)16-10-17-18(2)11-16/h6-13H,4-5H2,1-3H3/t12-/m1/s1. The van der Waals surface area contributed by atoms with Crippen LogP contribution in [0.4, 0.5) is 5.69 Å². The summed E-state index contributed by atoms with van der Waals surface area (Å²) in [5.74, 6) is 1.11. The van der Waals surface area contributed by atoms with Crippen molar-refractivity contribution in [3.05, 3.63) is 36.7 Å². The molecule has 0 amide bonds. The fourth-order valence-electron chi connectivity index (χ4n) is 2.74. The molecule has 1 saturated carbocycles. The molecule has 0 bridgehead atoms. The summed E-state index contributed by atoms with van der Waals surface area (Å²) < 4.78 is 34.4. The van der Waals surface area contributed by atoms with Crippen molar-refractivity contribution >= 4 is 15.7 Å². The van der Waals surface area contributed by atoms with Gasteiger partial charge in [0.2, 0.25) is 0 Å². The van der Waals surface area contributed by atoms with Gasteiger partial charge in [-0.2, -0.15) is 5.10 Å². The lowest BCUT2D eigenvalue weighted by atomic mass is 10.2. The van der Waals surface area contributed by atoms with Gasteiger partial charge in [-0.15, -0.1) is 0 Å². The number of hydrogen-bond donors (Lipinski definition) is 0. The molecular weight excluding hydrogens is 314 g/mol. The van der Waals surface area contributed by atoms with Gasteiger partial charge in [0.05, 0.1) is 19.0 Å². The molecule has 6 nitrogen and oxygen atoms in total. The van der Waals surface area contributed by atoms with E-state index < -0.39 is 10.0 Å². The maximum Gasteiger partial charge on any atom is 0.267 e. The van der Waals surface area contributed by atoms with Gasteiger partial charge in [-0.25, -0.2) is 8.42 Å². The summed E-state index contributed by atoms with van der Waals surface area (Å²) >= 11 is 0. The maximum absolute atomic E-state index is 13.1. The topological polar surface area (TPSA) is 64.4 Å². The lowest BCUT2D eigenvalue weighted by Crippen LogP contribution is -2.40. The average molecular weight is 335 g/mol. The number of hydrogen-bond acceptors (Lipinski definition) is 4. The Hall–Kier alpha value is -2.02. The fraction of sp³-hybridized carbons (Fsp3) is 0.438. The first-order valence-electron chi connectivity index (χ1n) is 7.60. The fourth-order valence-corrected chi connectivity index (χ4v) is 4.44. The van der Waals surface area contributed by atoms with Crippen LogP contribution >= 0.6 is 0 Å². The summed E-state index contributed by atoms with van der Waals surface area (Å²) in [5.41, 5.74) is 0.647. The predicted octanol–water partition coefficient (Wildman–Crippen LogP) is 2.42. The van der Waals surface area contributed by atoms with E-state index in [9.17, 15) is 8.42 Å². The molecule has 0 radical (unpaired) electrons. The van der Waals surface area contributed by atoms with Crippen LogP contribution < -0.4 is 9.04 Å². The zero-order chi connectivity index (χ0) is 16.6. The average Bonchev–Trinajstić information content (AvgIpc) is 3.29. The lowest BCUT2D eigenvalue weighted by Gasteiger charge is -2.30. The van der Waals surface area contributed by atoms with E-state index in [1.54, 1.807) is 38.4 Å². The molecule has 0 unspecified atom stereocenters. The van der Waals surface area contributed by atoms with Crippen LogP contribution in [0.1, 0.15) is 19.8 Å². The van der Waals surface area contributed by atoms with Crippen LogP contribution in [0.3, 0.4) is 0 Å². The Morgan fingerprint density at radius 1 is 1.30 bits per heavy atom. The van der Waals surface area contributed by atoms with E-state index in [2.05, 4.69) is 5.10 Å². The van der Waals surface area contributed by atoms with Crippen molar-refractivity contribution in [3.8, 4) is 5.75 Å². The molecule has 0 N–H and O–H groups in total. The van der Waals surface area contributed by atoms with E-state index in [0.29, 0.717) is 17.4 Å². The molecule has 124 valence electrons. The Labute approximate surface area is 136 Å². The van der Waals surface area contributed by atoms with Crippen LogP contribution in [0, 0.1) is 5.92 Å². The first-order chi connectivity index (χ1) is 10.9. The Morgan fingerprint density at radius 3 is 2.43 bits per heavy atom. The van der Waals surface area contributed by atoms with E-state index in [1.807, 2.05) is 6.92 Å².